The molecular weight excluding hydrogens is 388 g/mol. The van der Waals surface area contributed by atoms with Crippen molar-refractivity contribution in [3.05, 3.63) is 71.4 Å². The number of carbonyl (C=O) groups excluding carboxylic acids is 1. The summed E-state index contributed by atoms with van der Waals surface area (Å²) in [5.41, 5.74) is 3.31. The minimum atomic E-state index is -0.350. The average molecular weight is 417 g/mol. The Kier molecular flexibility index (Phi) is 4.15. The number of aromatic nitrogens is 2. The number of furan rings is 1. The first-order valence-electron chi connectivity index (χ1n) is 11.3. The minimum Gasteiger partial charge on any atom is -0.464 e. The first-order chi connectivity index (χ1) is 15.1. The summed E-state index contributed by atoms with van der Waals surface area (Å²) >= 11 is 0. The molecule has 0 saturated carbocycles. The Morgan fingerprint density at radius 2 is 2.13 bits per heavy atom. The van der Waals surface area contributed by atoms with Crippen LogP contribution in [-0.2, 0) is 11.3 Å². The molecule has 3 aliphatic rings. The molecule has 0 aliphatic carbocycles. The van der Waals surface area contributed by atoms with E-state index in [-0.39, 0.29) is 11.6 Å². The zero-order valence-electron chi connectivity index (χ0n) is 18.1. The van der Waals surface area contributed by atoms with Crippen molar-refractivity contribution in [1.82, 2.24) is 19.6 Å². The van der Waals surface area contributed by atoms with Gasteiger partial charge in [0.25, 0.3) is 0 Å². The van der Waals surface area contributed by atoms with Gasteiger partial charge >= 0.3 is 0 Å². The van der Waals surface area contributed by atoms with Gasteiger partial charge < -0.3 is 9.32 Å². The van der Waals surface area contributed by atoms with Crippen molar-refractivity contribution < 1.29 is 9.21 Å². The highest BCUT2D eigenvalue weighted by molar-refractivity contribution is 5.90. The molecule has 3 saturated heterocycles. The van der Waals surface area contributed by atoms with E-state index in [1.165, 1.54) is 11.1 Å². The van der Waals surface area contributed by atoms with Crippen molar-refractivity contribution in [3.8, 4) is 5.69 Å². The minimum absolute atomic E-state index is 0.253. The van der Waals surface area contributed by atoms with E-state index in [1.54, 1.807) is 0 Å². The predicted octanol–water partition coefficient (Wildman–Crippen LogP) is 4.02. The molecule has 0 bridgehead atoms. The second-order valence-corrected chi connectivity index (χ2v) is 9.38. The number of likely N-dealkylation sites (tertiary alicyclic amines) is 1. The van der Waals surface area contributed by atoms with Gasteiger partial charge in [-0.1, -0.05) is 17.7 Å². The molecule has 3 atom stereocenters. The standard InChI is InChI=1S/C25H28N4O2/c1-17-5-8-22(29-12-4-10-26-29)21(13-17)23-14-19-15-27(16-20-7-6-18(2)31-20)24(30)25(19)9-3-11-28(23)25/h4-8,10,12-13,19,23H,3,9,11,14-16H2,1-2H3/t19-,23-,25-/m0/s1. The van der Waals surface area contributed by atoms with Gasteiger partial charge in [0.2, 0.25) is 5.91 Å². The molecule has 5 heterocycles. The van der Waals surface area contributed by atoms with Gasteiger partial charge in [-0.25, -0.2) is 4.68 Å². The van der Waals surface area contributed by atoms with Gasteiger partial charge in [-0.3, -0.25) is 9.69 Å². The van der Waals surface area contributed by atoms with Crippen LogP contribution in [0.25, 0.3) is 5.69 Å². The van der Waals surface area contributed by atoms with Crippen molar-refractivity contribution in [2.75, 3.05) is 13.1 Å². The van der Waals surface area contributed by atoms with Gasteiger partial charge in [0.1, 0.15) is 17.1 Å². The zero-order chi connectivity index (χ0) is 21.2. The number of hydrogen-bond acceptors (Lipinski definition) is 4. The second-order valence-electron chi connectivity index (χ2n) is 9.38. The number of rotatable bonds is 4. The van der Waals surface area contributed by atoms with Gasteiger partial charge in [0.15, 0.2) is 0 Å². The molecule has 0 radical (unpaired) electrons. The number of amides is 1. The van der Waals surface area contributed by atoms with Crippen LogP contribution in [0.2, 0.25) is 0 Å². The van der Waals surface area contributed by atoms with Gasteiger partial charge in [-0.15, -0.1) is 0 Å². The first-order valence-corrected chi connectivity index (χ1v) is 11.3. The lowest BCUT2D eigenvalue weighted by Gasteiger charge is -2.34. The van der Waals surface area contributed by atoms with Crippen LogP contribution in [0.5, 0.6) is 0 Å². The van der Waals surface area contributed by atoms with Crippen molar-refractivity contribution in [3.63, 3.8) is 0 Å². The Hall–Kier alpha value is -2.86. The molecule has 6 heteroatoms. The van der Waals surface area contributed by atoms with E-state index in [0.29, 0.717) is 18.4 Å². The molecule has 1 amide bonds. The quantitative estimate of drug-likeness (QED) is 0.645. The third-order valence-electron chi connectivity index (χ3n) is 7.56. The Balaban J connectivity index is 1.35. The maximum absolute atomic E-state index is 13.8. The maximum atomic E-state index is 13.8. The lowest BCUT2D eigenvalue weighted by atomic mass is 9.85. The van der Waals surface area contributed by atoms with E-state index in [0.717, 1.165) is 49.6 Å². The van der Waals surface area contributed by atoms with Crippen LogP contribution in [-0.4, -0.2) is 44.1 Å². The fourth-order valence-corrected chi connectivity index (χ4v) is 6.33. The number of carbonyl (C=O) groups is 1. The van der Waals surface area contributed by atoms with Crippen LogP contribution in [0.15, 0.2) is 53.2 Å². The molecule has 0 unspecified atom stereocenters. The summed E-state index contributed by atoms with van der Waals surface area (Å²) in [6, 6.07) is 12.8. The molecule has 0 N–H and O–H groups in total. The van der Waals surface area contributed by atoms with Crippen molar-refractivity contribution >= 4 is 5.91 Å². The normalized spacial score (nSPS) is 27.8. The van der Waals surface area contributed by atoms with Crippen molar-refractivity contribution in [1.29, 1.82) is 0 Å². The summed E-state index contributed by atoms with van der Waals surface area (Å²) in [6.45, 7) is 6.46. The molecule has 3 aromatic rings. The van der Waals surface area contributed by atoms with Crippen LogP contribution in [0.4, 0.5) is 0 Å². The Morgan fingerprint density at radius 1 is 1.23 bits per heavy atom. The predicted molar refractivity (Wildman–Crippen MR) is 117 cm³/mol. The highest BCUT2D eigenvalue weighted by atomic mass is 16.3. The Bertz CT molecular complexity index is 1130. The van der Waals surface area contributed by atoms with Crippen LogP contribution in [0.1, 0.15) is 48.0 Å². The molecule has 6 rings (SSSR count). The fourth-order valence-electron chi connectivity index (χ4n) is 6.33. The van der Waals surface area contributed by atoms with Crippen molar-refractivity contribution in [2.24, 2.45) is 5.92 Å². The van der Waals surface area contributed by atoms with E-state index in [2.05, 4.69) is 35.1 Å². The lowest BCUT2D eigenvalue weighted by Crippen LogP contribution is -2.49. The molecular formula is C25H28N4O2. The molecule has 3 fully saturated rings. The van der Waals surface area contributed by atoms with Crippen LogP contribution in [0.3, 0.4) is 0 Å². The second kappa shape index (κ2) is 6.82. The molecule has 6 nitrogen and oxygen atoms in total. The van der Waals surface area contributed by atoms with Gasteiger partial charge in [0, 0.05) is 30.9 Å². The summed E-state index contributed by atoms with van der Waals surface area (Å²) in [4.78, 5) is 18.3. The molecule has 3 aliphatic heterocycles. The third kappa shape index (κ3) is 2.74. The summed E-state index contributed by atoms with van der Waals surface area (Å²) in [6.07, 6.45) is 6.88. The number of benzene rings is 1. The van der Waals surface area contributed by atoms with Crippen LogP contribution < -0.4 is 0 Å². The number of aryl methyl sites for hydroxylation is 2. The van der Waals surface area contributed by atoms with Crippen molar-refractivity contribution in [2.45, 2.75) is 51.2 Å². The molecule has 2 aromatic heterocycles. The zero-order valence-corrected chi connectivity index (χ0v) is 18.1. The monoisotopic (exact) mass is 416 g/mol. The summed E-state index contributed by atoms with van der Waals surface area (Å²) in [5, 5.41) is 4.49. The SMILES string of the molecule is Cc1ccc(-n2cccn2)c([C@@H]2C[C@H]3CN(Cc4ccc(C)o4)C(=O)[C@]34CCCN24)c1. The first kappa shape index (κ1) is 18.9. The highest BCUT2D eigenvalue weighted by Gasteiger charge is 2.65. The van der Waals surface area contributed by atoms with E-state index in [9.17, 15) is 4.79 Å². The molecule has 160 valence electrons. The Morgan fingerprint density at radius 3 is 2.90 bits per heavy atom. The van der Waals surface area contributed by atoms with Gasteiger partial charge in [-0.05, 0) is 69.5 Å². The molecule has 1 aromatic carbocycles. The molecule has 1 spiro atoms. The summed E-state index contributed by atoms with van der Waals surface area (Å²) < 4.78 is 7.73. The number of nitrogens with zero attached hydrogens (tertiary/aromatic N) is 4. The largest absolute Gasteiger partial charge is 0.464 e. The van der Waals surface area contributed by atoms with Gasteiger partial charge in [-0.2, -0.15) is 5.10 Å². The fraction of sp³-hybridized carbons (Fsp3) is 0.440. The Labute approximate surface area is 182 Å². The van der Waals surface area contributed by atoms with E-state index in [1.807, 2.05) is 47.1 Å². The van der Waals surface area contributed by atoms with Crippen LogP contribution >= 0.6 is 0 Å². The van der Waals surface area contributed by atoms with Gasteiger partial charge in [0.05, 0.1) is 12.2 Å². The highest BCUT2D eigenvalue weighted by Crippen LogP contribution is 2.56. The van der Waals surface area contributed by atoms with E-state index < -0.39 is 0 Å². The van der Waals surface area contributed by atoms with E-state index in [4.69, 9.17) is 4.42 Å². The smallest absolute Gasteiger partial charge is 0.243 e. The van der Waals surface area contributed by atoms with E-state index >= 15 is 0 Å². The summed E-state index contributed by atoms with van der Waals surface area (Å²) in [7, 11) is 0. The maximum Gasteiger partial charge on any atom is 0.243 e. The molecule has 31 heavy (non-hydrogen) atoms. The number of hydrogen-bond donors (Lipinski definition) is 0. The summed E-state index contributed by atoms with van der Waals surface area (Å²) in [5.74, 6) is 2.42. The third-order valence-corrected chi connectivity index (χ3v) is 7.56. The topological polar surface area (TPSA) is 54.5 Å². The van der Waals surface area contributed by atoms with Crippen LogP contribution in [0, 0.1) is 19.8 Å². The lowest BCUT2D eigenvalue weighted by molar-refractivity contribution is -0.137. The average Bonchev–Trinajstić information content (AvgIpc) is 3.54.